The molecule has 0 saturated carbocycles. The number of aliphatic carboxylic acids is 1. The third kappa shape index (κ3) is 2.29. The molecule has 0 aliphatic carbocycles. The van der Waals surface area contributed by atoms with Gasteiger partial charge in [0.05, 0.1) is 29.7 Å². The third-order valence-electron chi connectivity index (χ3n) is 4.96. The van der Waals surface area contributed by atoms with Gasteiger partial charge in [0, 0.05) is 24.8 Å². The Morgan fingerprint density at radius 1 is 1.32 bits per heavy atom. The van der Waals surface area contributed by atoms with Crippen LogP contribution in [0.1, 0.15) is 29.8 Å². The van der Waals surface area contributed by atoms with E-state index >= 15 is 0 Å². The van der Waals surface area contributed by atoms with Crippen LogP contribution < -0.4 is 5.32 Å². The summed E-state index contributed by atoms with van der Waals surface area (Å²) in [5.41, 5.74) is 2.85. The monoisotopic (exact) mass is 307 g/mol. The summed E-state index contributed by atoms with van der Waals surface area (Å²) in [4.78, 5) is 23.9. The van der Waals surface area contributed by atoms with Gasteiger partial charge >= 0.3 is 5.97 Å². The van der Waals surface area contributed by atoms with Gasteiger partial charge in [-0.3, -0.25) is 14.3 Å². The van der Waals surface area contributed by atoms with E-state index in [0.29, 0.717) is 6.54 Å². The Kier molecular flexibility index (Phi) is 3.68. The molecule has 2 aliphatic heterocycles. The van der Waals surface area contributed by atoms with Gasteiger partial charge in [0.1, 0.15) is 0 Å². The number of nitrogens with zero attached hydrogens (tertiary/aromatic N) is 2. The van der Waals surface area contributed by atoms with Crippen LogP contribution in [-0.4, -0.2) is 39.0 Å². The second-order valence-corrected chi connectivity index (χ2v) is 6.17. The predicted molar refractivity (Wildman–Crippen MR) is 77.0 cm³/mol. The van der Waals surface area contributed by atoms with E-state index in [2.05, 4.69) is 10.4 Å². The molecular formula is C15H21N3O4. The van der Waals surface area contributed by atoms with Crippen LogP contribution in [0.15, 0.2) is 0 Å². The Hall–Kier alpha value is -1.89. The SMILES string of the molecule is Cc1nn(C)c(C)c1CNC(=O)[C@H]1[C@@H](C(=O)O)[C@H]2CC[C@H]1O2. The van der Waals surface area contributed by atoms with Crippen LogP contribution in [-0.2, 0) is 27.9 Å². The number of hydrogen-bond acceptors (Lipinski definition) is 4. The fourth-order valence-corrected chi connectivity index (χ4v) is 3.69. The number of amides is 1. The van der Waals surface area contributed by atoms with Crippen molar-refractivity contribution >= 4 is 11.9 Å². The third-order valence-corrected chi connectivity index (χ3v) is 4.96. The topological polar surface area (TPSA) is 93.5 Å². The molecule has 1 amide bonds. The van der Waals surface area contributed by atoms with Gasteiger partial charge in [-0.1, -0.05) is 0 Å². The number of ether oxygens (including phenoxy) is 1. The minimum atomic E-state index is -0.943. The summed E-state index contributed by atoms with van der Waals surface area (Å²) < 4.78 is 7.40. The molecule has 2 N–H and O–H groups in total. The highest BCUT2D eigenvalue weighted by Crippen LogP contribution is 2.43. The maximum Gasteiger partial charge on any atom is 0.310 e. The van der Waals surface area contributed by atoms with Crippen molar-refractivity contribution in [1.29, 1.82) is 0 Å². The number of carbonyl (C=O) groups is 2. The maximum atomic E-state index is 12.5. The zero-order valence-electron chi connectivity index (χ0n) is 13.0. The number of aromatic nitrogens is 2. The van der Waals surface area contributed by atoms with Crippen LogP contribution in [0.3, 0.4) is 0 Å². The molecule has 7 heteroatoms. The minimum absolute atomic E-state index is 0.234. The number of nitrogens with one attached hydrogen (secondary N) is 1. The largest absolute Gasteiger partial charge is 0.481 e. The Morgan fingerprint density at radius 3 is 2.50 bits per heavy atom. The standard InChI is InChI=1S/C15H21N3O4/c1-7-9(8(2)18(3)17-7)6-16-14(19)12-10-4-5-11(22-10)13(12)15(20)21/h10-13H,4-6H2,1-3H3,(H,16,19)(H,20,21)/t10-,11-,12-,13+/m1/s1. The van der Waals surface area contributed by atoms with E-state index in [4.69, 9.17) is 4.74 Å². The second-order valence-electron chi connectivity index (χ2n) is 6.17. The average Bonchev–Trinajstić information content (AvgIpc) is 3.12. The lowest BCUT2D eigenvalue weighted by Crippen LogP contribution is -2.43. The van der Waals surface area contributed by atoms with Crippen LogP contribution >= 0.6 is 0 Å². The van der Waals surface area contributed by atoms with Crippen LogP contribution in [0.2, 0.25) is 0 Å². The van der Waals surface area contributed by atoms with Gasteiger partial charge in [-0.15, -0.1) is 0 Å². The van der Waals surface area contributed by atoms with Crippen molar-refractivity contribution in [3.8, 4) is 0 Å². The number of hydrogen-bond donors (Lipinski definition) is 2. The molecule has 2 aliphatic rings. The lowest BCUT2D eigenvalue weighted by molar-refractivity contribution is -0.147. The van der Waals surface area contributed by atoms with Gasteiger partial charge in [-0.05, 0) is 26.7 Å². The fraction of sp³-hybridized carbons (Fsp3) is 0.667. The lowest BCUT2D eigenvalue weighted by atomic mass is 9.78. The zero-order chi connectivity index (χ0) is 16.0. The number of fused-ring (bicyclic) bond motifs is 2. The highest BCUT2D eigenvalue weighted by atomic mass is 16.5. The summed E-state index contributed by atoms with van der Waals surface area (Å²) in [6, 6.07) is 0. The summed E-state index contributed by atoms with van der Waals surface area (Å²) in [6.07, 6.45) is 0.909. The van der Waals surface area contributed by atoms with Crippen LogP contribution in [0.25, 0.3) is 0 Å². The summed E-state index contributed by atoms with van der Waals surface area (Å²) in [5.74, 6) is -2.49. The van der Waals surface area contributed by atoms with Gasteiger partial charge in [0.2, 0.25) is 5.91 Å². The Labute approximate surface area is 128 Å². The molecule has 2 saturated heterocycles. The van der Waals surface area contributed by atoms with Crippen LogP contribution in [0.5, 0.6) is 0 Å². The molecule has 4 atom stereocenters. The molecule has 2 fully saturated rings. The Morgan fingerprint density at radius 2 is 1.95 bits per heavy atom. The predicted octanol–water partition coefficient (Wildman–Crippen LogP) is 0.531. The van der Waals surface area contributed by atoms with Crippen molar-refractivity contribution in [2.45, 2.75) is 45.4 Å². The minimum Gasteiger partial charge on any atom is -0.481 e. The van der Waals surface area contributed by atoms with Gasteiger partial charge in [0.25, 0.3) is 0 Å². The first kappa shape index (κ1) is 15.0. The van der Waals surface area contributed by atoms with E-state index < -0.39 is 17.8 Å². The molecule has 1 aromatic heterocycles. The van der Waals surface area contributed by atoms with Crippen molar-refractivity contribution < 1.29 is 19.4 Å². The quantitative estimate of drug-likeness (QED) is 0.846. The van der Waals surface area contributed by atoms with Gasteiger partial charge in [-0.25, -0.2) is 0 Å². The molecule has 7 nitrogen and oxygen atoms in total. The van der Waals surface area contributed by atoms with Crippen LogP contribution in [0, 0.1) is 25.7 Å². The van der Waals surface area contributed by atoms with E-state index in [-0.39, 0.29) is 18.1 Å². The van der Waals surface area contributed by atoms with E-state index in [1.165, 1.54) is 0 Å². The Bertz CT molecular complexity index is 625. The van der Waals surface area contributed by atoms with Gasteiger partial charge in [-0.2, -0.15) is 5.10 Å². The van der Waals surface area contributed by atoms with E-state index in [1.54, 1.807) is 4.68 Å². The molecule has 1 aromatic rings. The van der Waals surface area contributed by atoms with E-state index in [1.807, 2.05) is 20.9 Å². The summed E-state index contributed by atoms with van der Waals surface area (Å²) >= 11 is 0. The molecule has 0 spiro atoms. The zero-order valence-corrected chi connectivity index (χ0v) is 13.0. The van der Waals surface area contributed by atoms with E-state index in [0.717, 1.165) is 29.8 Å². The summed E-state index contributed by atoms with van der Waals surface area (Å²) in [7, 11) is 1.86. The highest BCUT2D eigenvalue weighted by molar-refractivity contribution is 5.86. The second kappa shape index (κ2) is 5.39. The smallest absolute Gasteiger partial charge is 0.310 e. The molecule has 3 heterocycles. The molecule has 2 bridgehead atoms. The highest BCUT2D eigenvalue weighted by Gasteiger charge is 2.55. The first-order valence-corrected chi connectivity index (χ1v) is 7.55. The van der Waals surface area contributed by atoms with Crippen molar-refractivity contribution in [2.24, 2.45) is 18.9 Å². The molecule has 120 valence electrons. The van der Waals surface area contributed by atoms with Crippen molar-refractivity contribution in [1.82, 2.24) is 15.1 Å². The number of carbonyl (C=O) groups excluding carboxylic acids is 1. The molecule has 0 radical (unpaired) electrons. The Balaban J connectivity index is 1.70. The number of rotatable bonds is 4. The molecule has 22 heavy (non-hydrogen) atoms. The van der Waals surface area contributed by atoms with Gasteiger partial charge in [0.15, 0.2) is 0 Å². The molecule has 3 rings (SSSR count). The van der Waals surface area contributed by atoms with Crippen LogP contribution in [0.4, 0.5) is 0 Å². The lowest BCUT2D eigenvalue weighted by Gasteiger charge is -2.23. The van der Waals surface area contributed by atoms with Crippen molar-refractivity contribution in [3.05, 3.63) is 17.0 Å². The first-order chi connectivity index (χ1) is 10.4. The maximum absolute atomic E-state index is 12.5. The van der Waals surface area contributed by atoms with Crippen molar-refractivity contribution in [3.63, 3.8) is 0 Å². The first-order valence-electron chi connectivity index (χ1n) is 7.55. The van der Waals surface area contributed by atoms with E-state index in [9.17, 15) is 14.7 Å². The van der Waals surface area contributed by atoms with Crippen molar-refractivity contribution in [2.75, 3.05) is 0 Å². The molecule has 0 aromatic carbocycles. The number of aryl methyl sites for hydroxylation is 2. The number of carboxylic acid groups (broad SMARTS) is 1. The average molecular weight is 307 g/mol. The molecule has 0 unspecified atom stereocenters. The normalized spacial score (nSPS) is 29.8. The summed E-state index contributed by atoms with van der Waals surface area (Å²) in [6.45, 7) is 4.21. The summed E-state index contributed by atoms with van der Waals surface area (Å²) in [5, 5.41) is 16.5. The number of carboxylic acids is 1. The van der Waals surface area contributed by atoms with Gasteiger partial charge < -0.3 is 15.2 Å². The molecular weight excluding hydrogens is 286 g/mol. The fourth-order valence-electron chi connectivity index (χ4n) is 3.69.